The van der Waals surface area contributed by atoms with Crippen molar-refractivity contribution in [2.24, 2.45) is 4.99 Å². The number of isocyanates is 1. The van der Waals surface area contributed by atoms with E-state index >= 15 is 0 Å². The first-order valence-corrected chi connectivity index (χ1v) is 5.05. The third kappa shape index (κ3) is 1.82. The lowest BCUT2D eigenvalue weighted by Gasteiger charge is -2.21. The van der Waals surface area contributed by atoms with Gasteiger partial charge in [0.05, 0.1) is 5.54 Å². The van der Waals surface area contributed by atoms with Crippen LogP contribution in [0.25, 0.3) is 0 Å². The second kappa shape index (κ2) is 3.24. The van der Waals surface area contributed by atoms with E-state index in [1.165, 1.54) is 19.4 Å². The Morgan fingerprint density at radius 2 is 2.38 bits per heavy atom. The number of aliphatic imine (C=N–C) groups is 1. The molecule has 1 saturated heterocycles. The Morgan fingerprint density at radius 1 is 1.62 bits per heavy atom. The Morgan fingerprint density at radius 3 is 2.85 bits per heavy atom. The zero-order chi connectivity index (χ0) is 9.31. The molecule has 3 nitrogen and oxygen atoms in total. The summed E-state index contributed by atoms with van der Waals surface area (Å²) in [6.07, 6.45) is 7.53. The summed E-state index contributed by atoms with van der Waals surface area (Å²) in [7, 11) is 2.17. The lowest BCUT2D eigenvalue weighted by atomic mass is 10.0. The molecule has 1 aliphatic heterocycles. The molecule has 0 aromatic rings. The van der Waals surface area contributed by atoms with E-state index in [0.717, 1.165) is 19.3 Å². The highest BCUT2D eigenvalue weighted by atomic mass is 16.1. The van der Waals surface area contributed by atoms with Gasteiger partial charge in [0.1, 0.15) is 0 Å². The summed E-state index contributed by atoms with van der Waals surface area (Å²) >= 11 is 0. The van der Waals surface area contributed by atoms with Crippen LogP contribution in [0.1, 0.15) is 32.1 Å². The summed E-state index contributed by atoms with van der Waals surface area (Å²) in [5.41, 5.74) is 0.00498. The van der Waals surface area contributed by atoms with Crippen LogP contribution in [0, 0.1) is 0 Å². The minimum Gasteiger partial charge on any atom is -0.303 e. The summed E-state index contributed by atoms with van der Waals surface area (Å²) in [5.74, 6) is 0. The van der Waals surface area contributed by atoms with Crippen LogP contribution in [0.4, 0.5) is 0 Å². The maximum atomic E-state index is 10.2. The molecule has 0 N–H and O–H groups in total. The smallest absolute Gasteiger partial charge is 0.235 e. The molecule has 1 atom stereocenters. The van der Waals surface area contributed by atoms with E-state index in [9.17, 15) is 4.79 Å². The van der Waals surface area contributed by atoms with Crippen molar-refractivity contribution in [3.05, 3.63) is 0 Å². The van der Waals surface area contributed by atoms with Crippen molar-refractivity contribution in [1.82, 2.24) is 4.90 Å². The fraction of sp³-hybridized carbons (Fsp3) is 0.900. The molecule has 2 aliphatic rings. The quantitative estimate of drug-likeness (QED) is 0.485. The minimum absolute atomic E-state index is 0.00498. The molecule has 13 heavy (non-hydrogen) atoms. The summed E-state index contributed by atoms with van der Waals surface area (Å²) in [4.78, 5) is 16.5. The fourth-order valence-electron chi connectivity index (χ4n) is 2.28. The number of hydrogen-bond acceptors (Lipinski definition) is 3. The van der Waals surface area contributed by atoms with E-state index in [1.54, 1.807) is 6.08 Å². The maximum Gasteiger partial charge on any atom is 0.235 e. The first-order valence-electron chi connectivity index (χ1n) is 5.05. The van der Waals surface area contributed by atoms with E-state index < -0.39 is 0 Å². The van der Waals surface area contributed by atoms with Gasteiger partial charge in [-0.1, -0.05) is 0 Å². The Hall–Kier alpha value is -0.660. The zero-order valence-electron chi connectivity index (χ0n) is 8.12. The Kier molecular flexibility index (Phi) is 2.22. The Labute approximate surface area is 78.8 Å². The third-order valence-corrected chi connectivity index (χ3v) is 3.40. The van der Waals surface area contributed by atoms with Crippen molar-refractivity contribution < 1.29 is 4.79 Å². The van der Waals surface area contributed by atoms with E-state index in [-0.39, 0.29) is 5.54 Å². The van der Waals surface area contributed by atoms with Gasteiger partial charge in [-0.05, 0) is 45.7 Å². The lowest BCUT2D eigenvalue weighted by Crippen LogP contribution is -2.29. The van der Waals surface area contributed by atoms with Crippen LogP contribution >= 0.6 is 0 Å². The molecule has 0 spiro atoms. The maximum absolute atomic E-state index is 10.2. The first kappa shape index (κ1) is 8.92. The fourth-order valence-corrected chi connectivity index (χ4v) is 2.28. The second-order valence-electron chi connectivity index (χ2n) is 4.41. The van der Waals surface area contributed by atoms with Crippen molar-refractivity contribution in [3.63, 3.8) is 0 Å². The molecule has 0 aromatic carbocycles. The second-order valence-corrected chi connectivity index (χ2v) is 4.41. The van der Waals surface area contributed by atoms with Crippen molar-refractivity contribution in [3.8, 4) is 0 Å². The minimum atomic E-state index is 0.00498. The topological polar surface area (TPSA) is 32.7 Å². The summed E-state index contributed by atoms with van der Waals surface area (Å²) < 4.78 is 0. The lowest BCUT2D eigenvalue weighted by molar-refractivity contribution is 0.277. The van der Waals surface area contributed by atoms with Crippen LogP contribution < -0.4 is 0 Å². The van der Waals surface area contributed by atoms with Gasteiger partial charge in [-0.25, -0.2) is 4.79 Å². The van der Waals surface area contributed by atoms with Gasteiger partial charge in [-0.3, -0.25) is 0 Å². The normalized spacial score (nSPS) is 31.3. The predicted octanol–water partition coefficient (Wildman–Crippen LogP) is 1.34. The molecule has 0 bridgehead atoms. The number of nitrogens with zero attached hydrogens (tertiary/aromatic N) is 2. The molecule has 2 rings (SSSR count). The molecule has 3 heteroatoms. The van der Waals surface area contributed by atoms with Crippen LogP contribution in [-0.2, 0) is 4.79 Å². The van der Waals surface area contributed by atoms with Gasteiger partial charge in [0.2, 0.25) is 6.08 Å². The SMILES string of the molecule is CN1CCCC1CC1(N=C=O)CC1. The molecule has 2 fully saturated rings. The molecular weight excluding hydrogens is 164 g/mol. The van der Waals surface area contributed by atoms with Gasteiger partial charge in [0, 0.05) is 6.04 Å². The molecule has 0 radical (unpaired) electrons. The van der Waals surface area contributed by atoms with Gasteiger partial charge in [0.15, 0.2) is 0 Å². The summed E-state index contributed by atoms with van der Waals surface area (Å²) in [6.45, 7) is 1.20. The number of hydrogen-bond donors (Lipinski definition) is 0. The van der Waals surface area contributed by atoms with Gasteiger partial charge in [0.25, 0.3) is 0 Å². The molecule has 0 aromatic heterocycles. The largest absolute Gasteiger partial charge is 0.303 e. The molecular formula is C10H16N2O. The standard InChI is InChI=1S/C10H16N2O/c1-12-6-2-3-9(12)7-10(4-5-10)11-8-13/h9H,2-7H2,1H3. The van der Waals surface area contributed by atoms with Gasteiger partial charge >= 0.3 is 0 Å². The van der Waals surface area contributed by atoms with E-state index in [2.05, 4.69) is 16.9 Å². The van der Waals surface area contributed by atoms with Crippen molar-refractivity contribution >= 4 is 6.08 Å². The zero-order valence-corrected chi connectivity index (χ0v) is 8.12. The molecule has 1 saturated carbocycles. The highest BCUT2D eigenvalue weighted by Crippen LogP contribution is 2.45. The van der Waals surface area contributed by atoms with Crippen molar-refractivity contribution in [2.75, 3.05) is 13.6 Å². The first-order chi connectivity index (χ1) is 6.26. The van der Waals surface area contributed by atoms with Gasteiger partial charge in [-0.2, -0.15) is 4.99 Å². The summed E-state index contributed by atoms with van der Waals surface area (Å²) in [6, 6.07) is 0.652. The molecule has 72 valence electrons. The van der Waals surface area contributed by atoms with Crippen LogP contribution in [0.5, 0.6) is 0 Å². The predicted molar refractivity (Wildman–Crippen MR) is 50.4 cm³/mol. The number of carbonyl (C=O) groups excluding carboxylic acids is 1. The monoisotopic (exact) mass is 180 g/mol. The van der Waals surface area contributed by atoms with Gasteiger partial charge < -0.3 is 4.90 Å². The summed E-state index contributed by atoms with van der Waals surface area (Å²) in [5, 5.41) is 0. The van der Waals surface area contributed by atoms with Crippen molar-refractivity contribution in [2.45, 2.75) is 43.7 Å². The average Bonchev–Trinajstić information content (AvgIpc) is 2.73. The molecule has 1 aliphatic carbocycles. The Balaban J connectivity index is 1.93. The highest BCUT2D eigenvalue weighted by molar-refractivity contribution is 5.36. The van der Waals surface area contributed by atoms with Crippen LogP contribution in [0.15, 0.2) is 4.99 Å². The van der Waals surface area contributed by atoms with Gasteiger partial charge in [-0.15, -0.1) is 0 Å². The number of rotatable bonds is 3. The van der Waals surface area contributed by atoms with E-state index in [4.69, 9.17) is 0 Å². The molecule has 1 unspecified atom stereocenters. The van der Waals surface area contributed by atoms with Crippen LogP contribution in [0.3, 0.4) is 0 Å². The van der Waals surface area contributed by atoms with E-state index in [1.807, 2.05) is 0 Å². The van der Waals surface area contributed by atoms with Crippen LogP contribution in [-0.4, -0.2) is 36.2 Å². The van der Waals surface area contributed by atoms with Crippen LogP contribution in [0.2, 0.25) is 0 Å². The van der Waals surface area contributed by atoms with E-state index in [0.29, 0.717) is 6.04 Å². The molecule has 1 heterocycles. The Bertz CT molecular complexity index is 241. The average molecular weight is 180 g/mol. The number of likely N-dealkylation sites (tertiary alicyclic amines) is 1. The highest BCUT2D eigenvalue weighted by Gasteiger charge is 2.45. The third-order valence-electron chi connectivity index (χ3n) is 3.40. The van der Waals surface area contributed by atoms with Crippen molar-refractivity contribution in [1.29, 1.82) is 0 Å². The molecule has 0 amide bonds.